The Morgan fingerprint density at radius 3 is 3.15 bits per heavy atom. The largest absolute Gasteiger partial charge is 0.464 e. The number of methoxy groups -OCH3 is 1. The number of carbonyl (C=O) groups excluding carboxylic acids is 1. The highest BCUT2D eigenvalue weighted by molar-refractivity contribution is 7.09. The highest BCUT2D eigenvalue weighted by atomic mass is 32.1. The summed E-state index contributed by atoms with van der Waals surface area (Å²) in [6.07, 6.45) is 1.74. The van der Waals surface area contributed by atoms with Gasteiger partial charge in [-0.25, -0.2) is 9.78 Å². The molecule has 0 aliphatic rings. The van der Waals surface area contributed by atoms with Gasteiger partial charge in [0, 0.05) is 16.8 Å². The molecule has 0 aliphatic carbocycles. The molecule has 3 rings (SSSR count). The second-order valence-electron chi connectivity index (χ2n) is 4.27. The monoisotopic (exact) mass is 287 g/mol. The SMILES string of the molecule is COC(=O)c1cc2cc(NCc3cccs3)cnc2[nH]1. The van der Waals surface area contributed by atoms with Crippen LogP contribution < -0.4 is 5.32 Å². The number of H-pyrrole nitrogens is 1. The van der Waals surface area contributed by atoms with E-state index in [-0.39, 0.29) is 0 Å². The van der Waals surface area contributed by atoms with E-state index in [0.29, 0.717) is 11.3 Å². The summed E-state index contributed by atoms with van der Waals surface area (Å²) in [7, 11) is 1.36. The summed E-state index contributed by atoms with van der Waals surface area (Å²) < 4.78 is 4.68. The van der Waals surface area contributed by atoms with Gasteiger partial charge in [-0.2, -0.15) is 0 Å². The molecule has 102 valence electrons. The predicted molar refractivity (Wildman–Crippen MR) is 79.1 cm³/mol. The van der Waals surface area contributed by atoms with Crippen LogP contribution in [0, 0.1) is 0 Å². The van der Waals surface area contributed by atoms with E-state index in [1.165, 1.54) is 12.0 Å². The Kier molecular flexibility index (Phi) is 3.39. The molecule has 2 N–H and O–H groups in total. The first-order valence-corrected chi connectivity index (χ1v) is 6.97. The number of nitrogens with one attached hydrogen (secondary N) is 2. The van der Waals surface area contributed by atoms with Crippen LogP contribution >= 0.6 is 11.3 Å². The fraction of sp³-hybridized carbons (Fsp3) is 0.143. The number of hydrogen-bond acceptors (Lipinski definition) is 5. The van der Waals surface area contributed by atoms with Gasteiger partial charge in [0.1, 0.15) is 11.3 Å². The molecule has 0 bridgehead atoms. The fourth-order valence-corrected chi connectivity index (χ4v) is 2.58. The van der Waals surface area contributed by atoms with Crippen LogP contribution in [0.15, 0.2) is 35.8 Å². The first-order valence-electron chi connectivity index (χ1n) is 6.09. The lowest BCUT2D eigenvalue weighted by atomic mass is 10.3. The highest BCUT2D eigenvalue weighted by Gasteiger charge is 2.10. The molecule has 0 fully saturated rings. The number of nitrogens with zero attached hydrogens (tertiary/aromatic N) is 1. The Hall–Kier alpha value is -2.34. The number of aromatic amines is 1. The number of pyridine rings is 1. The molecule has 0 unspecified atom stereocenters. The summed E-state index contributed by atoms with van der Waals surface area (Å²) in [5, 5.41) is 6.23. The average molecular weight is 287 g/mol. The number of aromatic nitrogens is 2. The number of thiophene rings is 1. The van der Waals surface area contributed by atoms with Crippen molar-refractivity contribution in [1.82, 2.24) is 9.97 Å². The normalized spacial score (nSPS) is 10.7. The Bertz CT molecular complexity index is 734. The van der Waals surface area contributed by atoms with Gasteiger partial charge in [0.05, 0.1) is 19.0 Å². The molecule has 20 heavy (non-hydrogen) atoms. The second-order valence-corrected chi connectivity index (χ2v) is 5.30. The van der Waals surface area contributed by atoms with Gasteiger partial charge < -0.3 is 15.0 Å². The van der Waals surface area contributed by atoms with Gasteiger partial charge in [-0.1, -0.05) is 6.07 Å². The van der Waals surface area contributed by atoms with Crippen LogP contribution in [-0.2, 0) is 11.3 Å². The van der Waals surface area contributed by atoms with E-state index in [0.717, 1.165) is 17.6 Å². The van der Waals surface area contributed by atoms with Crippen molar-refractivity contribution in [3.63, 3.8) is 0 Å². The molecule has 3 aromatic rings. The van der Waals surface area contributed by atoms with Crippen LogP contribution in [-0.4, -0.2) is 23.0 Å². The van der Waals surface area contributed by atoms with Crippen LogP contribution in [0.1, 0.15) is 15.4 Å². The van der Waals surface area contributed by atoms with Gasteiger partial charge in [0.2, 0.25) is 0 Å². The lowest BCUT2D eigenvalue weighted by Gasteiger charge is -2.03. The van der Waals surface area contributed by atoms with Gasteiger partial charge in [0.25, 0.3) is 0 Å². The molecular weight excluding hydrogens is 274 g/mol. The summed E-state index contributed by atoms with van der Waals surface area (Å²) in [4.78, 5) is 19.9. The van der Waals surface area contributed by atoms with Crippen LogP contribution in [0.4, 0.5) is 5.69 Å². The molecule has 3 heterocycles. The Morgan fingerprint density at radius 2 is 2.40 bits per heavy atom. The maximum atomic E-state index is 11.5. The van der Waals surface area contributed by atoms with E-state index >= 15 is 0 Å². The molecule has 0 aromatic carbocycles. The number of anilines is 1. The minimum Gasteiger partial charge on any atom is -0.464 e. The third-order valence-corrected chi connectivity index (χ3v) is 3.80. The van der Waals surface area contributed by atoms with Gasteiger partial charge in [0.15, 0.2) is 0 Å². The summed E-state index contributed by atoms with van der Waals surface area (Å²) in [6, 6.07) is 7.80. The van der Waals surface area contributed by atoms with Crippen molar-refractivity contribution in [3.8, 4) is 0 Å². The lowest BCUT2D eigenvalue weighted by Crippen LogP contribution is -2.00. The molecule has 0 saturated carbocycles. The zero-order valence-corrected chi connectivity index (χ0v) is 11.7. The third-order valence-electron chi connectivity index (χ3n) is 2.92. The third kappa shape index (κ3) is 2.50. The maximum Gasteiger partial charge on any atom is 0.354 e. The minimum absolute atomic E-state index is 0.393. The smallest absolute Gasteiger partial charge is 0.354 e. The topological polar surface area (TPSA) is 67.0 Å². The molecule has 6 heteroatoms. The molecule has 0 spiro atoms. The van der Waals surface area contributed by atoms with Crippen LogP contribution in [0.3, 0.4) is 0 Å². The molecule has 0 radical (unpaired) electrons. The van der Waals surface area contributed by atoms with Gasteiger partial charge >= 0.3 is 5.97 Å². The second kappa shape index (κ2) is 5.34. The fourth-order valence-electron chi connectivity index (χ4n) is 1.93. The van der Waals surface area contributed by atoms with E-state index in [9.17, 15) is 4.79 Å². The maximum absolute atomic E-state index is 11.5. The van der Waals surface area contributed by atoms with Gasteiger partial charge in [-0.3, -0.25) is 0 Å². The van der Waals surface area contributed by atoms with Crippen LogP contribution in [0.2, 0.25) is 0 Å². The van der Waals surface area contributed by atoms with E-state index in [1.807, 2.05) is 17.5 Å². The highest BCUT2D eigenvalue weighted by Crippen LogP contribution is 2.19. The van der Waals surface area contributed by atoms with E-state index in [2.05, 4.69) is 26.1 Å². The summed E-state index contributed by atoms with van der Waals surface area (Å²) in [6.45, 7) is 0.763. The Labute approximate surface area is 119 Å². The number of ether oxygens (including phenoxy) is 1. The van der Waals surface area contributed by atoms with E-state index < -0.39 is 5.97 Å². The van der Waals surface area contributed by atoms with Crippen molar-refractivity contribution in [3.05, 3.63) is 46.4 Å². The van der Waals surface area contributed by atoms with Crippen LogP contribution in [0.5, 0.6) is 0 Å². The predicted octanol–water partition coefficient (Wildman–Crippen LogP) is 3.02. The summed E-state index contributed by atoms with van der Waals surface area (Å²) >= 11 is 1.71. The summed E-state index contributed by atoms with van der Waals surface area (Å²) in [5.74, 6) is -0.393. The zero-order valence-electron chi connectivity index (χ0n) is 10.8. The molecule has 0 saturated heterocycles. The number of fused-ring (bicyclic) bond motifs is 1. The lowest BCUT2D eigenvalue weighted by molar-refractivity contribution is 0.0595. The molecule has 3 aromatic heterocycles. The quantitative estimate of drug-likeness (QED) is 0.724. The molecule has 0 aliphatic heterocycles. The number of rotatable bonds is 4. The molecule has 0 atom stereocenters. The van der Waals surface area contributed by atoms with Crippen molar-refractivity contribution in [2.24, 2.45) is 0 Å². The summed E-state index contributed by atoms with van der Waals surface area (Å²) in [5.41, 5.74) is 2.00. The zero-order chi connectivity index (χ0) is 13.9. The number of carbonyl (C=O) groups is 1. The Morgan fingerprint density at radius 1 is 1.50 bits per heavy atom. The number of hydrogen-bond donors (Lipinski definition) is 2. The number of esters is 1. The molecule has 0 amide bonds. The van der Waals surface area contributed by atoms with Gasteiger partial charge in [-0.05, 0) is 23.6 Å². The van der Waals surface area contributed by atoms with E-state index in [4.69, 9.17) is 0 Å². The van der Waals surface area contributed by atoms with Crippen LogP contribution in [0.25, 0.3) is 11.0 Å². The first-order chi connectivity index (χ1) is 9.76. The minimum atomic E-state index is -0.393. The van der Waals surface area contributed by atoms with E-state index in [1.54, 1.807) is 23.6 Å². The Balaban J connectivity index is 1.81. The molecule has 5 nitrogen and oxygen atoms in total. The van der Waals surface area contributed by atoms with Gasteiger partial charge in [-0.15, -0.1) is 11.3 Å². The standard InChI is InChI=1S/C14H13N3O2S/c1-19-14(18)12-6-9-5-10(7-16-13(9)17-12)15-8-11-3-2-4-20-11/h2-7,15H,8H2,1H3,(H,16,17). The van der Waals surface area contributed by atoms with Crippen molar-refractivity contribution in [1.29, 1.82) is 0 Å². The van der Waals surface area contributed by atoms with Crippen molar-refractivity contribution < 1.29 is 9.53 Å². The van der Waals surface area contributed by atoms with Crippen molar-refractivity contribution in [2.75, 3.05) is 12.4 Å². The average Bonchev–Trinajstić information content (AvgIpc) is 3.12. The van der Waals surface area contributed by atoms with Crippen molar-refractivity contribution >= 4 is 34.0 Å². The first kappa shape index (κ1) is 12.7. The molecular formula is C14H13N3O2S. The van der Waals surface area contributed by atoms with Crippen molar-refractivity contribution in [2.45, 2.75) is 6.54 Å².